The number of nitrogens with zero attached hydrogens (tertiary/aromatic N) is 2. The first-order chi connectivity index (χ1) is 11.6. The highest BCUT2D eigenvalue weighted by Crippen LogP contribution is 2.17. The van der Waals surface area contributed by atoms with Crippen molar-refractivity contribution in [2.24, 2.45) is 0 Å². The molecule has 1 aliphatic heterocycles. The number of ether oxygens (including phenoxy) is 2. The van der Waals surface area contributed by atoms with Gasteiger partial charge in [-0.25, -0.2) is 14.8 Å². The fraction of sp³-hybridized carbons (Fsp3) is 0.706. The molecule has 1 fully saturated rings. The summed E-state index contributed by atoms with van der Waals surface area (Å²) < 4.78 is 10.4. The number of hydrogen-bond donors (Lipinski definition) is 2. The van der Waals surface area contributed by atoms with E-state index >= 15 is 0 Å². The highest BCUT2D eigenvalue weighted by Gasteiger charge is 2.24. The summed E-state index contributed by atoms with van der Waals surface area (Å²) in [6.45, 7) is 9.68. The molecule has 1 aliphatic rings. The van der Waals surface area contributed by atoms with Crippen LogP contribution in [0.5, 0.6) is 0 Å². The Labute approximate surface area is 143 Å². The predicted molar refractivity (Wildman–Crippen MR) is 90.6 cm³/mol. The second-order valence-electron chi connectivity index (χ2n) is 5.99. The molecule has 0 bridgehead atoms. The average Bonchev–Trinajstić information content (AvgIpc) is 2.92. The summed E-state index contributed by atoms with van der Waals surface area (Å²) >= 11 is 0. The van der Waals surface area contributed by atoms with Crippen molar-refractivity contribution in [2.75, 3.05) is 39.4 Å². The van der Waals surface area contributed by atoms with Crippen LogP contribution in [-0.2, 0) is 15.9 Å². The number of morpholine rings is 1. The second kappa shape index (κ2) is 9.17. The number of aromatic amines is 1. The Kier molecular flexibility index (Phi) is 7.23. The van der Waals surface area contributed by atoms with Gasteiger partial charge in [-0.05, 0) is 25.8 Å². The van der Waals surface area contributed by atoms with Gasteiger partial charge in [-0.1, -0.05) is 6.92 Å². The number of aryl methyl sites for hydroxylation is 1. The third-order valence-corrected chi connectivity index (χ3v) is 4.17. The van der Waals surface area contributed by atoms with Crippen molar-refractivity contribution < 1.29 is 19.4 Å². The number of aromatic nitrogens is 1. The number of nitrogens with one attached hydrogen (secondary N) is 1. The highest BCUT2D eigenvalue weighted by atomic mass is 16.6. The Hall–Kier alpha value is -1.41. The van der Waals surface area contributed by atoms with Gasteiger partial charge in [-0.15, -0.1) is 0 Å². The molecule has 1 aromatic heterocycles. The largest absolute Gasteiger partial charge is 0.462 e. The van der Waals surface area contributed by atoms with Crippen molar-refractivity contribution in [3.63, 3.8) is 0 Å². The standard InChI is InChI=1S/C17H29N3O4/c1-4-7-19(20-9-10-24-15(21)12-20)8-6-14-16(13(3)11-18-14)17(22)23-5-2/h11,15,18,21H,4-10,12H2,1-3H3. The van der Waals surface area contributed by atoms with E-state index in [9.17, 15) is 9.90 Å². The molecule has 1 aromatic rings. The fourth-order valence-corrected chi connectivity index (χ4v) is 3.03. The molecule has 2 rings (SSSR count). The van der Waals surface area contributed by atoms with Gasteiger partial charge >= 0.3 is 5.97 Å². The number of carbonyl (C=O) groups excluding carboxylic acids is 1. The van der Waals surface area contributed by atoms with E-state index in [1.165, 1.54) is 0 Å². The number of aliphatic hydroxyl groups is 1. The van der Waals surface area contributed by atoms with Crippen molar-refractivity contribution in [3.05, 3.63) is 23.0 Å². The summed E-state index contributed by atoms with van der Waals surface area (Å²) in [7, 11) is 0. The Balaban J connectivity index is 2.03. The lowest BCUT2D eigenvalue weighted by atomic mass is 10.1. The Bertz CT molecular complexity index is 532. The first-order valence-corrected chi connectivity index (χ1v) is 8.70. The minimum atomic E-state index is -0.735. The number of rotatable bonds is 8. The smallest absolute Gasteiger partial charge is 0.340 e. The van der Waals surface area contributed by atoms with Crippen LogP contribution >= 0.6 is 0 Å². The van der Waals surface area contributed by atoms with Crippen LogP contribution in [0.1, 0.15) is 41.9 Å². The van der Waals surface area contributed by atoms with Crippen molar-refractivity contribution in [1.29, 1.82) is 0 Å². The summed E-state index contributed by atoms with van der Waals surface area (Å²) in [5.41, 5.74) is 2.46. The minimum absolute atomic E-state index is 0.268. The molecule has 0 saturated carbocycles. The van der Waals surface area contributed by atoms with Crippen LogP contribution in [0.3, 0.4) is 0 Å². The first kappa shape index (κ1) is 18.9. The zero-order valence-electron chi connectivity index (χ0n) is 14.9. The molecule has 0 spiro atoms. The normalized spacial score (nSPS) is 19.0. The molecule has 0 amide bonds. The summed E-state index contributed by atoms with van der Waals surface area (Å²) in [6, 6.07) is 0. The van der Waals surface area contributed by atoms with Gasteiger partial charge < -0.3 is 19.6 Å². The molecule has 1 unspecified atom stereocenters. The monoisotopic (exact) mass is 339 g/mol. The maximum Gasteiger partial charge on any atom is 0.340 e. The number of β-amino-alcohol motifs (C(OH)–C–C–N with tert-alkyl or cyclic N) is 1. The van der Waals surface area contributed by atoms with Gasteiger partial charge in [0.15, 0.2) is 6.29 Å². The van der Waals surface area contributed by atoms with E-state index in [4.69, 9.17) is 9.47 Å². The molecule has 2 heterocycles. The number of carbonyl (C=O) groups is 1. The summed E-state index contributed by atoms with van der Waals surface area (Å²) in [6.07, 6.45) is 2.85. The molecule has 1 atom stereocenters. The number of H-pyrrole nitrogens is 1. The molecule has 0 aromatic carbocycles. The second-order valence-corrected chi connectivity index (χ2v) is 5.99. The van der Waals surface area contributed by atoms with E-state index in [0.29, 0.717) is 25.3 Å². The molecule has 2 N–H and O–H groups in total. The van der Waals surface area contributed by atoms with E-state index in [0.717, 1.165) is 43.7 Å². The van der Waals surface area contributed by atoms with Crippen molar-refractivity contribution in [3.8, 4) is 0 Å². The molecular weight excluding hydrogens is 310 g/mol. The highest BCUT2D eigenvalue weighted by molar-refractivity contribution is 5.92. The predicted octanol–water partition coefficient (Wildman–Crippen LogP) is 1.32. The maximum absolute atomic E-state index is 12.1. The Morgan fingerprint density at radius 1 is 1.50 bits per heavy atom. The lowest BCUT2D eigenvalue weighted by Gasteiger charge is -2.39. The third kappa shape index (κ3) is 4.80. The van der Waals surface area contributed by atoms with E-state index < -0.39 is 6.29 Å². The van der Waals surface area contributed by atoms with Gasteiger partial charge in [0.05, 0.1) is 25.3 Å². The summed E-state index contributed by atoms with van der Waals surface area (Å²) in [5, 5.41) is 14.1. The maximum atomic E-state index is 12.1. The minimum Gasteiger partial charge on any atom is -0.462 e. The van der Waals surface area contributed by atoms with Crippen LogP contribution in [0.25, 0.3) is 0 Å². The summed E-state index contributed by atoms with van der Waals surface area (Å²) in [5.74, 6) is -0.268. The molecule has 136 valence electrons. The van der Waals surface area contributed by atoms with Crippen molar-refractivity contribution >= 4 is 5.97 Å². The van der Waals surface area contributed by atoms with Crippen molar-refractivity contribution in [2.45, 2.75) is 39.9 Å². The van der Waals surface area contributed by atoms with Crippen molar-refractivity contribution in [1.82, 2.24) is 15.0 Å². The van der Waals surface area contributed by atoms with Crippen LogP contribution in [0.15, 0.2) is 6.20 Å². The Morgan fingerprint density at radius 2 is 2.29 bits per heavy atom. The molecule has 1 saturated heterocycles. The molecule has 24 heavy (non-hydrogen) atoms. The SMILES string of the molecule is CCCN(CCc1[nH]cc(C)c1C(=O)OCC)N1CCOC(O)C1. The lowest BCUT2D eigenvalue weighted by molar-refractivity contribution is -0.192. The number of hydrogen-bond acceptors (Lipinski definition) is 6. The van der Waals surface area contributed by atoms with Crippen LogP contribution in [0.2, 0.25) is 0 Å². The van der Waals surface area contributed by atoms with E-state index in [-0.39, 0.29) is 5.97 Å². The van der Waals surface area contributed by atoms with Gasteiger partial charge in [-0.3, -0.25) is 0 Å². The van der Waals surface area contributed by atoms with Crippen LogP contribution in [-0.4, -0.2) is 71.8 Å². The fourth-order valence-electron chi connectivity index (χ4n) is 3.03. The molecule has 7 heteroatoms. The van der Waals surface area contributed by atoms with E-state index in [2.05, 4.69) is 21.9 Å². The van der Waals surface area contributed by atoms with Crippen LogP contribution in [0, 0.1) is 6.92 Å². The third-order valence-electron chi connectivity index (χ3n) is 4.17. The van der Waals surface area contributed by atoms with Crippen LogP contribution in [0.4, 0.5) is 0 Å². The topological polar surface area (TPSA) is 78.0 Å². The number of aliphatic hydroxyl groups excluding tert-OH is 1. The Morgan fingerprint density at radius 3 is 2.96 bits per heavy atom. The van der Waals surface area contributed by atoms with Gasteiger partial charge in [0, 0.05) is 37.9 Å². The van der Waals surface area contributed by atoms with Gasteiger partial charge in [0.25, 0.3) is 0 Å². The van der Waals surface area contributed by atoms with E-state index in [1.54, 1.807) is 0 Å². The zero-order valence-corrected chi connectivity index (χ0v) is 14.9. The molecular formula is C17H29N3O4. The van der Waals surface area contributed by atoms with Crippen LogP contribution < -0.4 is 0 Å². The number of esters is 1. The molecule has 7 nitrogen and oxygen atoms in total. The van der Waals surface area contributed by atoms with E-state index in [1.807, 2.05) is 20.0 Å². The average molecular weight is 339 g/mol. The lowest BCUT2D eigenvalue weighted by Crippen LogP contribution is -2.52. The molecule has 0 radical (unpaired) electrons. The zero-order chi connectivity index (χ0) is 17.5. The summed E-state index contributed by atoms with van der Waals surface area (Å²) in [4.78, 5) is 15.3. The van der Waals surface area contributed by atoms with Gasteiger partial charge in [-0.2, -0.15) is 0 Å². The number of hydrazine groups is 1. The quantitative estimate of drug-likeness (QED) is 0.696. The molecule has 0 aliphatic carbocycles. The van der Waals surface area contributed by atoms with Gasteiger partial charge in [0.2, 0.25) is 0 Å². The first-order valence-electron chi connectivity index (χ1n) is 8.70. The van der Waals surface area contributed by atoms with Gasteiger partial charge in [0.1, 0.15) is 0 Å².